The molecule has 0 spiro atoms. The van der Waals surface area contributed by atoms with Gasteiger partial charge in [0.2, 0.25) is 0 Å². The number of methoxy groups -OCH3 is 1. The highest BCUT2D eigenvalue weighted by Gasteiger charge is 2.25. The summed E-state index contributed by atoms with van der Waals surface area (Å²) in [5.41, 5.74) is 3.98. The van der Waals surface area contributed by atoms with E-state index in [0.29, 0.717) is 11.1 Å². The van der Waals surface area contributed by atoms with Gasteiger partial charge in [-0.3, -0.25) is 0 Å². The summed E-state index contributed by atoms with van der Waals surface area (Å²) in [6, 6.07) is 8.08. The van der Waals surface area contributed by atoms with E-state index in [4.69, 9.17) is 21.1 Å². The smallest absolute Gasteiger partial charge is 0.188 e. The third kappa shape index (κ3) is 3.17. The Balaban J connectivity index is 2.02. The Kier molecular flexibility index (Phi) is 4.08. The number of hydrogen-bond donors (Lipinski definition) is 0. The Hall–Kier alpha value is -1.65. The number of aromatic nitrogens is 2. The van der Waals surface area contributed by atoms with Crippen molar-refractivity contribution in [1.29, 1.82) is 0 Å². The lowest BCUT2D eigenvalue weighted by atomic mass is 10.0. The summed E-state index contributed by atoms with van der Waals surface area (Å²) in [7, 11) is 1.61. The molecule has 4 nitrogen and oxygen atoms in total. The van der Waals surface area contributed by atoms with Crippen LogP contribution in [0.25, 0.3) is 11.3 Å². The van der Waals surface area contributed by atoms with Crippen LogP contribution < -0.4 is 4.74 Å². The highest BCUT2D eigenvalue weighted by molar-refractivity contribution is 6.29. The van der Waals surface area contributed by atoms with Gasteiger partial charge in [0.15, 0.2) is 11.9 Å². The van der Waals surface area contributed by atoms with Crippen molar-refractivity contribution in [2.45, 2.75) is 25.7 Å². The first kappa shape index (κ1) is 14.3. The zero-order chi connectivity index (χ0) is 14.8. The van der Waals surface area contributed by atoms with Gasteiger partial charge in [0, 0.05) is 12.7 Å². The lowest BCUT2D eigenvalue weighted by Crippen LogP contribution is -2.02. The van der Waals surface area contributed by atoms with Crippen LogP contribution in [-0.4, -0.2) is 24.1 Å². The van der Waals surface area contributed by atoms with Crippen LogP contribution in [0.15, 0.2) is 24.3 Å². The van der Waals surface area contributed by atoms with Crippen LogP contribution in [0.1, 0.15) is 29.9 Å². The van der Waals surface area contributed by atoms with Crippen molar-refractivity contribution >= 4 is 11.6 Å². The van der Waals surface area contributed by atoms with E-state index in [2.05, 4.69) is 22.3 Å². The first-order chi connectivity index (χ1) is 10.2. The Morgan fingerprint density at radius 1 is 1.24 bits per heavy atom. The van der Waals surface area contributed by atoms with E-state index >= 15 is 0 Å². The third-order valence-corrected chi connectivity index (χ3v) is 3.78. The van der Waals surface area contributed by atoms with Crippen LogP contribution in [-0.2, 0) is 4.74 Å². The number of aryl methyl sites for hydroxylation is 1. The van der Waals surface area contributed by atoms with Gasteiger partial charge in [0.25, 0.3) is 0 Å². The maximum atomic E-state index is 5.88. The number of ether oxygens (including phenoxy) is 2. The third-order valence-electron chi connectivity index (χ3n) is 3.60. The van der Waals surface area contributed by atoms with E-state index in [0.717, 1.165) is 22.6 Å². The second-order valence-corrected chi connectivity index (χ2v) is 5.67. The van der Waals surface area contributed by atoms with E-state index in [-0.39, 0.29) is 6.79 Å². The van der Waals surface area contributed by atoms with Crippen LogP contribution in [0.4, 0.5) is 0 Å². The maximum Gasteiger partial charge on any atom is 0.188 e. The summed E-state index contributed by atoms with van der Waals surface area (Å²) >= 11 is 5.88. The van der Waals surface area contributed by atoms with Crippen LogP contribution in [0.5, 0.6) is 5.75 Å². The average Bonchev–Trinajstić information content (AvgIpc) is 3.30. The molecule has 1 aliphatic rings. The molecule has 5 heteroatoms. The second-order valence-electron chi connectivity index (χ2n) is 5.28. The molecular weight excluding hydrogens is 288 g/mol. The lowest BCUT2D eigenvalue weighted by molar-refractivity contribution is 0.0514. The van der Waals surface area contributed by atoms with E-state index < -0.39 is 0 Å². The molecule has 1 aliphatic carbocycles. The molecule has 110 valence electrons. The fraction of sp³-hybridized carbons (Fsp3) is 0.375. The predicted molar refractivity (Wildman–Crippen MR) is 81.7 cm³/mol. The molecule has 1 heterocycles. The molecule has 0 atom stereocenters. The number of halogens is 1. The van der Waals surface area contributed by atoms with Gasteiger partial charge in [0.1, 0.15) is 5.75 Å². The van der Waals surface area contributed by atoms with Crippen molar-refractivity contribution in [2.75, 3.05) is 13.9 Å². The molecule has 1 aromatic heterocycles. The maximum absolute atomic E-state index is 5.88. The summed E-state index contributed by atoms with van der Waals surface area (Å²) < 4.78 is 10.7. The molecule has 1 fully saturated rings. The molecule has 0 aliphatic heterocycles. The van der Waals surface area contributed by atoms with E-state index in [1.54, 1.807) is 13.2 Å². The van der Waals surface area contributed by atoms with Crippen LogP contribution >= 0.6 is 11.6 Å². The molecule has 0 amide bonds. The first-order valence-electron chi connectivity index (χ1n) is 6.95. The quantitative estimate of drug-likeness (QED) is 0.784. The van der Waals surface area contributed by atoms with E-state index in [1.807, 2.05) is 13.0 Å². The molecule has 2 aromatic rings. The van der Waals surface area contributed by atoms with Gasteiger partial charge in [-0.2, -0.15) is 0 Å². The number of hydrogen-bond acceptors (Lipinski definition) is 4. The molecule has 0 bridgehead atoms. The Labute approximate surface area is 129 Å². The monoisotopic (exact) mass is 304 g/mol. The average molecular weight is 305 g/mol. The largest absolute Gasteiger partial charge is 0.467 e. The molecule has 0 N–H and O–H groups in total. The molecule has 0 saturated heterocycles. The molecule has 0 radical (unpaired) electrons. The number of rotatable bonds is 5. The fourth-order valence-electron chi connectivity index (χ4n) is 2.37. The topological polar surface area (TPSA) is 44.2 Å². The van der Waals surface area contributed by atoms with Gasteiger partial charge >= 0.3 is 0 Å². The summed E-state index contributed by atoms with van der Waals surface area (Å²) in [6.45, 7) is 2.17. The van der Waals surface area contributed by atoms with Crippen LogP contribution in [0, 0.1) is 6.92 Å². The van der Waals surface area contributed by atoms with E-state index in [1.165, 1.54) is 18.4 Å². The highest BCUT2D eigenvalue weighted by Crippen LogP contribution is 2.43. The molecular formula is C16H17ClN2O2. The van der Waals surface area contributed by atoms with Crippen molar-refractivity contribution in [2.24, 2.45) is 0 Å². The predicted octanol–water partition coefficient (Wildman–Crippen LogP) is 3.97. The van der Waals surface area contributed by atoms with Gasteiger partial charge in [0.05, 0.1) is 5.69 Å². The van der Waals surface area contributed by atoms with Gasteiger partial charge in [-0.15, -0.1) is 10.2 Å². The number of benzene rings is 1. The van der Waals surface area contributed by atoms with Gasteiger partial charge in [-0.05, 0) is 55.0 Å². The molecule has 21 heavy (non-hydrogen) atoms. The first-order valence-corrected chi connectivity index (χ1v) is 7.32. The fourth-order valence-corrected chi connectivity index (χ4v) is 2.57. The van der Waals surface area contributed by atoms with Gasteiger partial charge < -0.3 is 9.47 Å². The van der Waals surface area contributed by atoms with Crippen LogP contribution in [0.3, 0.4) is 0 Å². The summed E-state index contributed by atoms with van der Waals surface area (Å²) in [4.78, 5) is 0. The minimum atomic E-state index is 0.210. The van der Waals surface area contributed by atoms with Crippen molar-refractivity contribution < 1.29 is 9.47 Å². The second kappa shape index (κ2) is 6.00. The van der Waals surface area contributed by atoms with Crippen molar-refractivity contribution in [3.63, 3.8) is 0 Å². The Bertz CT molecular complexity index is 657. The molecule has 0 unspecified atom stereocenters. The van der Waals surface area contributed by atoms with Gasteiger partial charge in [-0.1, -0.05) is 17.7 Å². The normalized spacial score (nSPS) is 14.2. The Morgan fingerprint density at radius 2 is 2.05 bits per heavy atom. The summed E-state index contributed by atoms with van der Waals surface area (Å²) in [5.74, 6) is 1.45. The lowest BCUT2D eigenvalue weighted by Gasteiger charge is -2.13. The molecule has 1 saturated carbocycles. The summed E-state index contributed by atoms with van der Waals surface area (Å²) in [6.07, 6.45) is 2.51. The van der Waals surface area contributed by atoms with Gasteiger partial charge in [-0.25, -0.2) is 0 Å². The van der Waals surface area contributed by atoms with Crippen molar-refractivity contribution in [3.05, 3.63) is 40.5 Å². The summed E-state index contributed by atoms with van der Waals surface area (Å²) in [5, 5.41) is 8.53. The zero-order valence-electron chi connectivity index (χ0n) is 12.1. The number of nitrogens with zero attached hydrogens (tertiary/aromatic N) is 2. The Morgan fingerprint density at radius 3 is 2.71 bits per heavy atom. The van der Waals surface area contributed by atoms with Crippen LogP contribution in [0.2, 0.25) is 5.15 Å². The highest BCUT2D eigenvalue weighted by atomic mass is 35.5. The van der Waals surface area contributed by atoms with Crippen molar-refractivity contribution in [3.8, 4) is 17.0 Å². The van der Waals surface area contributed by atoms with Crippen molar-refractivity contribution in [1.82, 2.24) is 10.2 Å². The molecule has 3 rings (SSSR count). The SMILES string of the molecule is COCOc1cc(C2CC2)ccc1-c1nnc(Cl)cc1C. The zero-order valence-corrected chi connectivity index (χ0v) is 12.9. The van der Waals surface area contributed by atoms with E-state index in [9.17, 15) is 0 Å². The minimum absolute atomic E-state index is 0.210. The molecule has 1 aromatic carbocycles. The minimum Gasteiger partial charge on any atom is -0.467 e. The standard InChI is InChI=1S/C16H17ClN2O2/c1-10-7-15(17)18-19-16(10)13-6-5-12(11-3-4-11)8-14(13)21-9-20-2/h5-8,11H,3-4,9H2,1-2H3.